The average Bonchev–Trinajstić information content (AvgIpc) is 2.75. The molecule has 1 saturated carbocycles. The second-order valence-electron chi connectivity index (χ2n) is 8.24. The number of pyridine rings is 1. The number of halogens is 3. The quantitative estimate of drug-likeness (QED) is 0.625. The second kappa shape index (κ2) is 10.5. The van der Waals surface area contributed by atoms with E-state index in [-0.39, 0.29) is 18.3 Å². The zero-order chi connectivity index (χ0) is 22.4. The van der Waals surface area contributed by atoms with Gasteiger partial charge in [-0.25, -0.2) is 4.79 Å². The van der Waals surface area contributed by atoms with E-state index >= 15 is 0 Å². The lowest BCUT2D eigenvalue weighted by atomic mass is 9.94. The van der Waals surface area contributed by atoms with Gasteiger partial charge in [-0.15, -0.1) is 0 Å². The number of carbonyl (C=O) groups is 1. The van der Waals surface area contributed by atoms with Crippen LogP contribution in [-0.2, 0) is 15.9 Å². The summed E-state index contributed by atoms with van der Waals surface area (Å²) >= 11 is 0. The summed E-state index contributed by atoms with van der Waals surface area (Å²) < 4.78 is 54.6. The van der Waals surface area contributed by atoms with E-state index in [0.717, 1.165) is 50.3 Å². The first kappa shape index (κ1) is 23.6. The summed E-state index contributed by atoms with van der Waals surface area (Å²) in [4.78, 5) is 17.4. The van der Waals surface area contributed by atoms with Crippen molar-refractivity contribution in [3.8, 4) is 5.75 Å². The molecule has 1 aliphatic heterocycles. The molecular formula is C22H31F3N2O4. The van der Waals surface area contributed by atoms with Crippen LogP contribution in [0.5, 0.6) is 5.75 Å². The van der Waals surface area contributed by atoms with Crippen LogP contribution < -0.4 is 4.74 Å². The Labute approximate surface area is 181 Å². The van der Waals surface area contributed by atoms with E-state index in [1.54, 1.807) is 6.20 Å². The fourth-order valence-corrected chi connectivity index (χ4v) is 4.00. The van der Waals surface area contributed by atoms with Gasteiger partial charge in [0, 0.05) is 31.0 Å². The SMILES string of the molecule is CCc1cnccc1OC1CCC(OC2CCN(C(=O)O[C@H](C)C(F)(F)F)CC2)CC1. The molecular weight excluding hydrogens is 413 g/mol. The predicted molar refractivity (Wildman–Crippen MR) is 108 cm³/mol. The first-order valence-corrected chi connectivity index (χ1v) is 11.0. The summed E-state index contributed by atoms with van der Waals surface area (Å²) in [6.07, 6.45) is 2.07. The van der Waals surface area contributed by atoms with Crippen LogP contribution in [0.2, 0.25) is 0 Å². The predicted octanol–water partition coefficient (Wildman–Crippen LogP) is 4.90. The molecule has 0 N–H and O–H groups in total. The van der Waals surface area contributed by atoms with Crippen LogP contribution >= 0.6 is 0 Å². The average molecular weight is 444 g/mol. The van der Waals surface area contributed by atoms with E-state index in [2.05, 4.69) is 16.6 Å². The number of piperidine rings is 1. The molecule has 1 aliphatic carbocycles. The summed E-state index contributed by atoms with van der Waals surface area (Å²) in [5.74, 6) is 0.904. The zero-order valence-corrected chi connectivity index (χ0v) is 18.1. The molecule has 2 heterocycles. The highest BCUT2D eigenvalue weighted by atomic mass is 19.4. The van der Waals surface area contributed by atoms with Crippen LogP contribution in [-0.4, -0.2) is 59.7 Å². The molecule has 6 nitrogen and oxygen atoms in total. The third-order valence-corrected chi connectivity index (χ3v) is 5.98. The maximum absolute atomic E-state index is 12.6. The normalized spacial score (nSPS) is 24.0. The van der Waals surface area contributed by atoms with E-state index in [9.17, 15) is 18.0 Å². The lowest BCUT2D eigenvalue weighted by molar-refractivity contribution is -0.200. The molecule has 1 aromatic rings. The summed E-state index contributed by atoms with van der Waals surface area (Å²) in [6, 6.07) is 1.91. The van der Waals surface area contributed by atoms with E-state index in [0.29, 0.717) is 25.9 Å². The highest BCUT2D eigenvalue weighted by Gasteiger charge is 2.40. The smallest absolute Gasteiger partial charge is 0.425 e. The molecule has 0 aromatic carbocycles. The first-order chi connectivity index (χ1) is 14.8. The van der Waals surface area contributed by atoms with Gasteiger partial charge in [0.2, 0.25) is 0 Å². The maximum Gasteiger partial charge on any atom is 0.425 e. The number of carbonyl (C=O) groups excluding carboxylic acids is 1. The standard InChI is InChI=1S/C22H31F3N2O4/c1-3-16-14-26-11-8-20(16)31-18-6-4-17(5-7-18)30-19-9-12-27(13-10-19)21(28)29-15(2)22(23,24)25/h8,11,14-15,17-19H,3-7,9-10,12-13H2,1-2H3/t15-,17?,18?/m1/s1. The molecule has 1 aromatic heterocycles. The van der Waals surface area contributed by atoms with Crippen LogP contribution in [0, 0.1) is 0 Å². The van der Waals surface area contributed by atoms with Crippen molar-refractivity contribution in [1.29, 1.82) is 0 Å². The summed E-state index contributed by atoms with van der Waals surface area (Å²) in [5.41, 5.74) is 1.11. The molecule has 3 rings (SSSR count). The van der Waals surface area contributed by atoms with Crippen molar-refractivity contribution in [2.75, 3.05) is 13.1 Å². The Morgan fingerprint density at radius 2 is 1.74 bits per heavy atom. The number of aryl methyl sites for hydroxylation is 1. The number of alkyl halides is 3. The highest BCUT2D eigenvalue weighted by molar-refractivity contribution is 5.68. The molecule has 0 bridgehead atoms. The van der Waals surface area contributed by atoms with Crippen LogP contribution in [0.25, 0.3) is 0 Å². The molecule has 0 spiro atoms. The minimum absolute atomic E-state index is 0.0125. The van der Waals surface area contributed by atoms with Crippen molar-refractivity contribution in [2.45, 2.75) is 89.4 Å². The Bertz CT molecular complexity index is 715. The molecule has 174 valence electrons. The molecule has 2 aliphatic rings. The van der Waals surface area contributed by atoms with Gasteiger partial charge in [-0.05, 0) is 57.9 Å². The van der Waals surface area contributed by atoms with Crippen molar-refractivity contribution in [3.63, 3.8) is 0 Å². The topological polar surface area (TPSA) is 60.9 Å². The Hall–Kier alpha value is -2.03. The number of amides is 1. The van der Waals surface area contributed by atoms with Gasteiger partial charge < -0.3 is 19.1 Å². The number of hydrogen-bond acceptors (Lipinski definition) is 5. The van der Waals surface area contributed by atoms with Crippen molar-refractivity contribution < 1.29 is 32.2 Å². The van der Waals surface area contributed by atoms with Gasteiger partial charge >= 0.3 is 12.3 Å². The van der Waals surface area contributed by atoms with Gasteiger partial charge in [0.1, 0.15) is 5.75 Å². The van der Waals surface area contributed by atoms with Crippen molar-refractivity contribution in [1.82, 2.24) is 9.88 Å². The number of hydrogen-bond donors (Lipinski definition) is 0. The molecule has 0 radical (unpaired) electrons. The minimum atomic E-state index is -4.55. The molecule has 0 unspecified atom stereocenters. The van der Waals surface area contributed by atoms with Crippen LogP contribution in [0.1, 0.15) is 57.9 Å². The van der Waals surface area contributed by atoms with Gasteiger partial charge in [0.15, 0.2) is 6.10 Å². The lowest BCUT2D eigenvalue weighted by Crippen LogP contribution is -2.44. The van der Waals surface area contributed by atoms with E-state index in [1.165, 1.54) is 4.90 Å². The Morgan fingerprint density at radius 1 is 1.13 bits per heavy atom. The zero-order valence-electron chi connectivity index (χ0n) is 18.1. The Balaban J connectivity index is 1.37. The van der Waals surface area contributed by atoms with Crippen molar-refractivity contribution >= 4 is 6.09 Å². The maximum atomic E-state index is 12.6. The molecule has 1 atom stereocenters. The van der Waals surface area contributed by atoms with Gasteiger partial charge in [0.05, 0.1) is 18.3 Å². The number of ether oxygens (including phenoxy) is 3. The highest BCUT2D eigenvalue weighted by Crippen LogP contribution is 2.29. The number of aromatic nitrogens is 1. The third-order valence-electron chi connectivity index (χ3n) is 5.98. The Kier molecular flexibility index (Phi) is 8.02. The monoisotopic (exact) mass is 444 g/mol. The second-order valence-corrected chi connectivity index (χ2v) is 8.24. The largest absolute Gasteiger partial charge is 0.490 e. The number of rotatable bonds is 6. The third kappa shape index (κ3) is 6.72. The van der Waals surface area contributed by atoms with E-state index < -0.39 is 18.4 Å². The van der Waals surface area contributed by atoms with Gasteiger partial charge in [0.25, 0.3) is 0 Å². The minimum Gasteiger partial charge on any atom is -0.490 e. The summed E-state index contributed by atoms with van der Waals surface area (Å²) in [6.45, 7) is 3.60. The van der Waals surface area contributed by atoms with Crippen molar-refractivity contribution in [2.24, 2.45) is 0 Å². The first-order valence-electron chi connectivity index (χ1n) is 11.0. The molecule has 9 heteroatoms. The van der Waals surface area contributed by atoms with E-state index in [4.69, 9.17) is 9.47 Å². The molecule has 2 fully saturated rings. The van der Waals surface area contributed by atoms with Crippen molar-refractivity contribution in [3.05, 3.63) is 24.0 Å². The fourth-order valence-electron chi connectivity index (χ4n) is 4.00. The van der Waals surface area contributed by atoms with Gasteiger partial charge in [-0.3, -0.25) is 4.98 Å². The summed E-state index contributed by atoms with van der Waals surface area (Å²) in [5, 5.41) is 0. The molecule has 1 saturated heterocycles. The molecule has 1 amide bonds. The molecule has 31 heavy (non-hydrogen) atoms. The fraction of sp³-hybridized carbons (Fsp3) is 0.727. The van der Waals surface area contributed by atoms with Crippen LogP contribution in [0.4, 0.5) is 18.0 Å². The van der Waals surface area contributed by atoms with Crippen LogP contribution in [0.15, 0.2) is 18.5 Å². The van der Waals surface area contributed by atoms with Gasteiger partial charge in [-0.1, -0.05) is 6.92 Å². The summed E-state index contributed by atoms with van der Waals surface area (Å²) in [7, 11) is 0. The number of likely N-dealkylation sites (tertiary alicyclic amines) is 1. The lowest BCUT2D eigenvalue weighted by Gasteiger charge is -2.36. The number of nitrogens with zero attached hydrogens (tertiary/aromatic N) is 2. The van der Waals surface area contributed by atoms with Gasteiger partial charge in [-0.2, -0.15) is 13.2 Å². The van der Waals surface area contributed by atoms with Crippen LogP contribution in [0.3, 0.4) is 0 Å². The Morgan fingerprint density at radius 3 is 2.35 bits per heavy atom. The van der Waals surface area contributed by atoms with E-state index in [1.807, 2.05) is 12.3 Å².